The Hall–Kier alpha value is -5.65. The molecule has 0 saturated carbocycles. The number of likely N-dealkylation sites (N-methyl/N-ethyl adjacent to an activating group) is 1. The van der Waals surface area contributed by atoms with Crippen LogP contribution in [0.4, 0.5) is 4.79 Å². The summed E-state index contributed by atoms with van der Waals surface area (Å²) in [6, 6.07) is 29.9. The second kappa shape index (κ2) is 16.4. The molecule has 2 amide bonds. The van der Waals surface area contributed by atoms with Gasteiger partial charge in [-0.25, -0.2) is 4.79 Å². The van der Waals surface area contributed by atoms with Gasteiger partial charge in [-0.2, -0.15) is 0 Å². The van der Waals surface area contributed by atoms with Gasteiger partial charge in [0.1, 0.15) is 18.1 Å². The number of hydrogen-bond donors (Lipinski definition) is 6. The molecule has 5 aromatic rings. The molecule has 2 atom stereocenters. The van der Waals surface area contributed by atoms with Gasteiger partial charge < -0.3 is 40.6 Å². The van der Waals surface area contributed by atoms with Crippen molar-refractivity contribution in [2.45, 2.75) is 31.6 Å². The van der Waals surface area contributed by atoms with E-state index in [0.29, 0.717) is 48.3 Å². The van der Waals surface area contributed by atoms with Crippen LogP contribution in [0.1, 0.15) is 46.4 Å². The lowest BCUT2D eigenvalue weighted by molar-refractivity contribution is -0.129. The van der Waals surface area contributed by atoms with Crippen LogP contribution >= 0.6 is 0 Å². The number of phenols is 1. The molecule has 0 aliphatic heterocycles. The zero-order valence-corrected chi connectivity index (χ0v) is 27.1. The fraction of sp³-hybridized carbons (Fsp3) is 0.237. The van der Waals surface area contributed by atoms with E-state index in [1.165, 1.54) is 12.1 Å². The summed E-state index contributed by atoms with van der Waals surface area (Å²) in [6.45, 7) is 1.71. The number of fused-ring (bicyclic) bond motifs is 1. The molecule has 4 aromatic carbocycles. The molecule has 0 unspecified atom stereocenters. The van der Waals surface area contributed by atoms with Crippen LogP contribution in [0.2, 0.25) is 0 Å². The van der Waals surface area contributed by atoms with E-state index >= 15 is 0 Å². The summed E-state index contributed by atoms with van der Waals surface area (Å²) in [5, 5.41) is 36.5. The fourth-order valence-corrected chi connectivity index (χ4v) is 5.61. The Morgan fingerprint density at radius 1 is 0.898 bits per heavy atom. The molecule has 11 nitrogen and oxygen atoms in total. The number of benzene rings is 4. The van der Waals surface area contributed by atoms with E-state index in [4.69, 9.17) is 4.74 Å². The van der Waals surface area contributed by atoms with E-state index in [2.05, 4.69) is 15.6 Å². The number of phenolic OH excluding ortho intramolecular Hbond substituents is 1. The standard InChI is InChI=1S/C38H40N4O7/c1-42(20-6-19-39-23-33(44)30-15-17-32(43)37-31(30)16-18-34(45)40-37)35(46)21-25-11-13-26(14-12-25)24-49-29-10-5-9-28(22-29)36(41-38(47)48)27-7-3-2-4-8-27/h2-5,7-18,22,33,36,39,41,43-44H,6,19-21,23-24H2,1H3,(H,40,45)(H,47,48)/t33-,36-/m0/s1. The first-order valence-electron chi connectivity index (χ1n) is 16.0. The van der Waals surface area contributed by atoms with Gasteiger partial charge in [0.2, 0.25) is 11.5 Å². The van der Waals surface area contributed by atoms with Crippen molar-refractivity contribution >= 4 is 22.9 Å². The molecule has 0 radical (unpaired) electrons. The highest BCUT2D eigenvalue weighted by molar-refractivity contribution is 5.87. The Morgan fingerprint density at radius 2 is 1.63 bits per heavy atom. The molecular formula is C38H40N4O7. The average Bonchev–Trinajstić information content (AvgIpc) is 3.10. The van der Waals surface area contributed by atoms with Crippen molar-refractivity contribution in [3.8, 4) is 11.5 Å². The summed E-state index contributed by atoms with van der Waals surface area (Å²) >= 11 is 0. The summed E-state index contributed by atoms with van der Waals surface area (Å²) in [6.07, 6.45) is -1.01. The fourth-order valence-electron chi connectivity index (χ4n) is 5.61. The number of rotatable bonds is 15. The number of H-pyrrole nitrogens is 1. The first-order chi connectivity index (χ1) is 23.7. The number of aromatic nitrogens is 1. The number of carbonyl (C=O) groups is 2. The minimum atomic E-state index is -1.11. The van der Waals surface area contributed by atoms with Gasteiger partial charge in [-0.1, -0.05) is 72.8 Å². The number of nitrogens with one attached hydrogen (secondary N) is 3. The highest BCUT2D eigenvalue weighted by Crippen LogP contribution is 2.29. The summed E-state index contributed by atoms with van der Waals surface area (Å²) in [7, 11) is 1.77. The molecule has 0 fully saturated rings. The van der Waals surface area contributed by atoms with Crippen LogP contribution in [0.25, 0.3) is 10.9 Å². The predicted octanol–water partition coefficient (Wildman–Crippen LogP) is 4.88. The lowest BCUT2D eigenvalue weighted by Gasteiger charge is -2.19. The normalized spacial score (nSPS) is 12.3. The Balaban J connectivity index is 1.05. The summed E-state index contributed by atoms with van der Waals surface area (Å²) in [4.78, 5) is 40.3. The molecule has 11 heteroatoms. The number of aromatic amines is 1. The quantitative estimate of drug-likeness (QED) is 0.0863. The third kappa shape index (κ3) is 9.47. The third-order valence-electron chi connectivity index (χ3n) is 8.25. The Kier molecular flexibility index (Phi) is 11.6. The van der Waals surface area contributed by atoms with Crippen LogP contribution in [-0.2, 0) is 17.8 Å². The molecule has 1 heterocycles. The van der Waals surface area contributed by atoms with Crippen molar-refractivity contribution in [2.75, 3.05) is 26.7 Å². The number of pyridine rings is 1. The molecule has 0 aliphatic carbocycles. The van der Waals surface area contributed by atoms with Crippen molar-refractivity contribution in [1.82, 2.24) is 20.5 Å². The van der Waals surface area contributed by atoms with Crippen LogP contribution in [-0.4, -0.2) is 63.9 Å². The van der Waals surface area contributed by atoms with E-state index in [9.17, 15) is 29.7 Å². The van der Waals surface area contributed by atoms with Gasteiger partial charge in [-0.05, 0) is 65.0 Å². The molecule has 0 aliphatic rings. The smallest absolute Gasteiger partial charge is 0.405 e. The number of ether oxygens (including phenoxy) is 1. The van der Waals surface area contributed by atoms with Crippen molar-refractivity contribution in [2.24, 2.45) is 0 Å². The number of nitrogens with zero attached hydrogens (tertiary/aromatic N) is 1. The number of hydrogen-bond acceptors (Lipinski definition) is 7. The topological polar surface area (TPSA) is 164 Å². The first kappa shape index (κ1) is 34.7. The van der Waals surface area contributed by atoms with Gasteiger partial charge >= 0.3 is 6.09 Å². The van der Waals surface area contributed by atoms with Crippen LogP contribution in [0, 0.1) is 0 Å². The average molecular weight is 665 g/mol. The van der Waals surface area contributed by atoms with E-state index in [1.807, 2.05) is 78.9 Å². The summed E-state index contributed by atoms with van der Waals surface area (Å²) in [5.74, 6) is 0.550. The molecule has 254 valence electrons. The highest BCUT2D eigenvalue weighted by atomic mass is 16.5. The first-order valence-corrected chi connectivity index (χ1v) is 16.0. The lowest BCUT2D eigenvalue weighted by atomic mass is 9.98. The van der Waals surface area contributed by atoms with E-state index in [-0.39, 0.29) is 30.2 Å². The van der Waals surface area contributed by atoms with Crippen LogP contribution in [0.5, 0.6) is 11.5 Å². The minimum absolute atomic E-state index is 0.00616. The zero-order valence-electron chi connectivity index (χ0n) is 27.1. The van der Waals surface area contributed by atoms with E-state index < -0.39 is 18.2 Å². The van der Waals surface area contributed by atoms with Gasteiger partial charge in [0.15, 0.2) is 0 Å². The number of aromatic hydroxyl groups is 1. The summed E-state index contributed by atoms with van der Waals surface area (Å²) in [5.41, 5.74) is 3.96. The van der Waals surface area contributed by atoms with Gasteiger partial charge in [0.25, 0.3) is 0 Å². The monoisotopic (exact) mass is 664 g/mol. The molecule has 0 spiro atoms. The second-order valence-electron chi connectivity index (χ2n) is 11.8. The van der Waals surface area contributed by atoms with Crippen molar-refractivity contribution < 1.29 is 29.6 Å². The molecule has 0 saturated heterocycles. The van der Waals surface area contributed by atoms with Crippen molar-refractivity contribution in [3.63, 3.8) is 0 Å². The summed E-state index contributed by atoms with van der Waals surface area (Å²) < 4.78 is 6.02. The number of amides is 2. The number of aliphatic hydroxyl groups excluding tert-OH is 1. The lowest BCUT2D eigenvalue weighted by Crippen LogP contribution is -2.31. The Labute approximate surface area is 283 Å². The molecule has 49 heavy (non-hydrogen) atoms. The minimum Gasteiger partial charge on any atom is -0.506 e. The van der Waals surface area contributed by atoms with Crippen molar-refractivity contribution in [1.29, 1.82) is 0 Å². The highest BCUT2D eigenvalue weighted by Gasteiger charge is 2.17. The molecular weight excluding hydrogens is 624 g/mol. The molecule has 1 aromatic heterocycles. The Morgan fingerprint density at radius 3 is 2.39 bits per heavy atom. The zero-order chi connectivity index (χ0) is 34.8. The maximum absolute atomic E-state index is 12.9. The van der Waals surface area contributed by atoms with Gasteiger partial charge in [-0.15, -0.1) is 0 Å². The number of carboxylic acid groups (broad SMARTS) is 1. The molecule has 6 N–H and O–H groups in total. The Bertz CT molecular complexity index is 1930. The number of aliphatic hydroxyl groups is 1. The molecule has 5 rings (SSSR count). The second-order valence-corrected chi connectivity index (χ2v) is 11.8. The third-order valence-corrected chi connectivity index (χ3v) is 8.25. The van der Waals surface area contributed by atoms with Gasteiger partial charge in [0.05, 0.1) is 24.1 Å². The van der Waals surface area contributed by atoms with E-state index in [0.717, 1.165) is 22.3 Å². The van der Waals surface area contributed by atoms with Crippen LogP contribution in [0.3, 0.4) is 0 Å². The maximum atomic E-state index is 12.9. The van der Waals surface area contributed by atoms with Crippen LogP contribution < -0.4 is 20.9 Å². The maximum Gasteiger partial charge on any atom is 0.405 e. The SMILES string of the molecule is CN(CCCNC[C@H](O)c1ccc(O)c2[nH]c(=O)ccc12)C(=O)Cc1ccc(COc2cccc([C@@H](NC(=O)O)c3ccccc3)c2)cc1. The van der Waals surface area contributed by atoms with Gasteiger partial charge in [0, 0.05) is 31.6 Å². The van der Waals surface area contributed by atoms with Crippen molar-refractivity contribution in [3.05, 3.63) is 141 Å². The van der Waals surface area contributed by atoms with Gasteiger partial charge in [-0.3, -0.25) is 9.59 Å². The largest absolute Gasteiger partial charge is 0.506 e. The van der Waals surface area contributed by atoms with Crippen LogP contribution in [0.15, 0.2) is 108 Å². The van der Waals surface area contributed by atoms with E-state index in [1.54, 1.807) is 24.1 Å². The molecule has 0 bridgehead atoms. The predicted molar refractivity (Wildman–Crippen MR) is 187 cm³/mol. The number of carbonyl (C=O) groups excluding carboxylic acids is 1.